The number of H-pyrrole nitrogens is 1. The molecular weight excluding hydrogens is 270 g/mol. The van der Waals surface area contributed by atoms with Gasteiger partial charge >= 0.3 is 0 Å². The molecule has 2 heterocycles. The van der Waals surface area contributed by atoms with E-state index < -0.39 is 0 Å². The van der Waals surface area contributed by atoms with Crippen molar-refractivity contribution in [2.45, 2.75) is 19.8 Å². The third-order valence-electron chi connectivity index (χ3n) is 3.91. The van der Waals surface area contributed by atoms with Crippen molar-refractivity contribution in [3.8, 4) is 0 Å². The van der Waals surface area contributed by atoms with E-state index in [4.69, 9.17) is 16.0 Å². The molecule has 0 atom stereocenters. The fourth-order valence-electron chi connectivity index (χ4n) is 2.86. The molecule has 2 aromatic heterocycles. The lowest BCUT2D eigenvalue weighted by atomic mass is 9.98. The van der Waals surface area contributed by atoms with E-state index in [0.29, 0.717) is 0 Å². The minimum absolute atomic E-state index is 0.778. The summed E-state index contributed by atoms with van der Waals surface area (Å²) >= 11 is 6.20. The molecule has 100 valence electrons. The van der Waals surface area contributed by atoms with Crippen LogP contribution in [0.4, 0.5) is 0 Å². The summed E-state index contributed by atoms with van der Waals surface area (Å²) in [5.41, 5.74) is 5.32. The van der Waals surface area contributed by atoms with Gasteiger partial charge in [0.1, 0.15) is 6.26 Å². The van der Waals surface area contributed by atoms with Crippen LogP contribution >= 0.6 is 11.6 Å². The number of furan rings is 1. The number of aromatic nitrogens is 1. The maximum absolute atomic E-state index is 6.20. The molecule has 0 saturated heterocycles. The number of allylic oxidation sites excluding steroid dienone is 4. The molecular formula is C17H14ClNO. The van der Waals surface area contributed by atoms with Crippen molar-refractivity contribution in [1.82, 2.24) is 4.98 Å². The van der Waals surface area contributed by atoms with Crippen molar-refractivity contribution in [3.05, 3.63) is 52.8 Å². The van der Waals surface area contributed by atoms with Crippen LogP contribution in [0.3, 0.4) is 0 Å². The number of rotatable bonds is 1. The monoisotopic (exact) mass is 283 g/mol. The number of benzene rings is 1. The normalized spacial score (nSPS) is 15.2. The fraction of sp³-hybridized carbons (Fsp3) is 0.176. The minimum Gasteiger partial charge on any atom is -0.447 e. The molecule has 1 N–H and O–H groups in total. The molecule has 0 amide bonds. The Morgan fingerprint density at radius 1 is 1.25 bits per heavy atom. The van der Waals surface area contributed by atoms with Gasteiger partial charge in [0.2, 0.25) is 5.71 Å². The van der Waals surface area contributed by atoms with Gasteiger partial charge in [0.15, 0.2) is 0 Å². The number of aromatic amines is 1. The van der Waals surface area contributed by atoms with Gasteiger partial charge in [0, 0.05) is 16.0 Å². The summed E-state index contributed by atoms with van der Waals surface area (Å²) in [5, 5.41) is 3.10. The average Bonchev–Trinajstić information content (AvgIpc) is 3.00. The van der Waals surface area contributed by atoms with Crippen LogP contribution in [0.25, 0.3) is 27.6 Å². The van der Waals surface area contributed by atoms with E-state index in [1.165, 1.54) is 11.0 Å². The average molecular weight is 284 g/mol. The molecule has 0 spiro atoms. The molecule has 1 aromatic carbocycles. The van der Waals surface area contributed by atoms with Crippen molar-refractivity contribution in [1.29, 1.82) is 0 Å². The molecule has 20 heavy (non-hydrogen) atoms. The summed E-state index contributed by atoms with van der Waals surface area (Å²) in [5.74, 6) is 0. The fourth-order valence-corrected chi connectivity index (χ4v) is 3.02. The van der Waals surface area contributed by atoms with Crippen LogP contribution in [0.1, 0.15) is 24.0 Å². The second-order valence-electron chi connectivity index (χ2n) is 5.26. The molecule has 3 heteroatoms. The maximum Gasteiger partial charge on any atom is 0.205 e. The van der Waals surface area contributed by atoms with Crippen molar-refractivity contribution >= 4 is 39.2 Å². The van der Waals surface area contributed by atoms with Gasteiger partial charge in [-0.2, -0.15) is 0 Å². The molecule has 0 aliphatic heterocycles. The molecule has 1 aliphatic rings. The van der Waals surface area contributed by atoms with E-state index in [-0.39, 0.29) is 0 Å². The van der Waals surface area contributed by atoms with Crippen molar-refractivity contribution in [2.24, 2.45) is 0 Å². The van der Waals surface area contributed by atoms with E-state index in [1.54, 1.807) is 0 Å². The topological polar surface area (TPSA) is 28.9 Å². The van der Waals surface area contributed by atoms with Gasteiger partial charge in [-0.05, 0) is 43.0 Å². The predicted molar refractivity (Wildman–Crippen MR) is 84.2 cm³/mol. The van der Waals surface area contributed by atoms with Gasteiger partial charge in [-0.25, -0.2) is 0 Å². The first-order valence-electron chi connectivity index (χ1n) is 6.80. The summed E-state index contributed by atoms with van der Waals surface area (Å²) < 4.78 is 5.69. The Kier molecular flexibility index (Phi) is 2.54. The molecule has 2 nitrogen and oxygen atoms in total. The third-order valence-corrected chi connectivity index (χ3v) is 4.32. The minimum atomic E-state index is 0.778. The lowest BCUT2D eigenvalue weighted by Gasteiger charge is -2.05. The Bertz CT molecular complexity index is 879. The number of aryl methyl sites for hydroxylation is 1. The summed E-state index contributed by atoms with van der Waals surface area (Å²) in [6.07, 6.45) is 10.7. The zero-order chi connectivity index (χ0) is 13.7. The highest BCUT2D eigenvalue weighted by atomic mass is 35.5. The maximum atomic E-state index is 6.20. The molecule has 3 aromatic rings. The zero-order valence-corrected chi connectivity index (χ0v) is 11.9. The quantitative estimate of drug-likeness (QED) is 0.618. The standard InChI is InChI=1S/C17H14ClNO/c1-10-7-12-15(8-14(10)18)19-17-16(12)13(9-20-17)11-5-3-2-4-6-11/h3,5-9,19H,2,4H2,1H3. The highest BCUT2D eigenvalue weighted by Crippen LogP contribution is 2.37. The first kappa shape index (κ1) is 11.9. The molecule has 0 bridgehead atoms. The van der Waals surface area contributed by atoms with E-state index in [0.717, 1.165) is 45.6 Å². The Hall–Kier alpha value is -1.93. The second kappa shape index (κ2) is 4.29. The number of hydrogen-bond acceptors (Lipinski definition) is 1. The van der Waals surface area contributed by atoms with Gasteiger partial charge in [-0.3, -0.25) is 0 Å². The summed E-state index contributed by atoms with van der Waals surface area (Å²) in [7, 11) is 0. The highest BCUT2D eigenvalue weighted by Gasteiger charge is 2.16. The van der Waals surface area contributed by atoms with E-state index in [2.05, 4.69) is 29.3 Å². The lowest BCUT2D eigenvalue weighted by Crippen LogP contribution is -1.84. The molecule has 0 saturated carbocycles. The van der Waals surface area contributed by atoms with Gasteiger partial charge in [0.05, 0.1) is 10.9 Å². The van der Waals surface area contributed by atoms with Crippen molar-refractivity contribution in [2.75, 3.05) is 0 Å². The summed E-state index contributed by atoms with van der Waals surface area (Å²) in [4.78, 5) is 3.30. The van der Waals surface area contributed by atoms with Crippen LogP contribution in [0.15, 0.2) is 41.0 Å². The van der Waals surface area contributed by atoms with Gasteiger partial charge in [0.25, 0.3) is 0 Å². The highest BCUT2D eigenvalue weighted by molar-refractivity contribution is 6.32. The molecule has 4 rings (SSSR count). The molecule has 0 radical (unpaired) electrons. The van der Waals surface area contributed by atoms with Gasteiger partial charge in [-0.15, -0.1) is 0 Å². The SMILES string of the molecule is Cc1cc2c(cc1Cl)[nH]c1occ(C3=CCCC=C3)c12. The van der Waals surface area contributed by atoms with Crippen molar-refractivity contribution < 1.29 is 4.42 Å². The van der Waals surface area contributed by atoms with Crippen LogP contribution in [0.5, 0.6) is 0 Å². The first-order valence-corrected chi connectivity index (χ1v) is 7.18. The number of fused-ring (bicyclic) bond motifs is 3. The molecule has 0 unspecified atom stereocenters. The van der Waals surface area contributed by atoms with E-state index in [9.17, 15) is 0 Å². The Morgan fingerprint density at radius 2 is 2.15 bits per heavy atom. The summed E-state index contributed by atoms with van der Waals surface area (Å²) in [6, 6.07) is 4.10. The number of hydrogen-bond donors (Lipinski definition) is 1. The van der Waals surface area contributed by atoms with Crippen LogP contribution in [0, 0.1) is 6.92 Å². The van der Waals surface area contributed by atoms with E-state index >= 15 is 0 Å². The zero-order valence-electron chi connectivity index (χ0n) is 11.2. The van der Waals surface area contributed by atoms with E-state index in [1.807, 2.05) is 19.3 Å². The summed E-state index contributed by atoms with van der Waals surface area (Å²) in [6.45, 7) is 2.03. The van der Waals surface area contributed by atoms with Gasteiger partial charge < -0.3 is 9.40 Å². The lowest BCUT2D eigenvalue weighted by molar-refractivity contribution is 0.604. The van der Waals surface area contributed by atoms with Crippen LogP contribution in [-0.2, 0) is 0 Å². The Morgan fingerprint density at radius 3 is 2.95 bits per heavy atom. The largest absolute Gasteiger partial charge is 0.447 e. The first-order chi connectivity index (χ1) is 9.74. The number of halogens is 1. The predicted octanol–water partition coefficient (Wildman–Crippen LogP) is 5.61. The second-order valence-corrected chi connectivity index (χ2v) is 5.67. The van der Waals surface area contributed by atoms with Crippen LogP contribution in [-0.4, -0.2) is 4.98 Å². The third kappa shape index (κ3) is 1.65. The van der Waals surface area contributed by atoms with Crippen LogP contribution < -0.4 is 0 Å². The Balaban J connectivity index is 2.05. The molecule has 1 aliphatic carbocycles. The van der Waals surface area contributed by atoms with Gasteiger partial charge in [-0.1, -0.05) is 29.8 Å². The van der Waals surface area contributed by atoms with Crippen LogP contribution in [0.2, 0.25) is 5.02 Å². The smallest absolute Gasteiger partial charge is 0.205 e. The Labute approximate surface area is 121 Å². The number of nitrogens with one attached hydrogen (secondary N) is 1. The van der Waals surface area contributed by atoms with Crippen molar-refractivity contribution in [3.63, 3.8) is 0 Å². The molecule has 0 fully saturated rings.